The van der Waals surface area contributed by atoms with Gasteiger partial charge in [0.15, 0.2) is 0 Å². The van der Waals surface area contributed by atoms with Gasteiger partial charge >= 0.3 is 0 Å². The zero-order chi connectivity index (χ0) is 11.5. The first-order valence-corrected chi connectivity index (χ1v) is 6.83. The highest BCUT2D eigenvalue weighted by Gasteiger charge is 2.25. The lowest BCUT2D eigenvalue weighted by Crippen LogP contribution is -2.51. The molecule has 1 heterocycles. The molecule has 2 fully saturated rings. The Balaban J connectivity index is 1.73. The van der Waals surface area contributed by atoms with Gasteiger partial charge in [-0.15, -0.1) is 0 Å². The topological polar surface area (TPSA) is 32.5 Å². The van der Waals surface area contributed by atoms with Crippen molar-refractivity contribution in [2.24, 2.45) is 11.7 Å². The third-order valence-corrected chi connectivity index (χ3v) is 4.45. The quantitative estimate of drug-likeness (QED) is 0.765. The second-order valence-corrected chi connectivity index (χ2v) is 5.87. The summed E-state index contributed by atoms with van der Waals surface area (Å²) in [6, 6.07) is 1.21. The van der Waals surface area contributed by atoms with E-state index >= 15 is 0 Å². The van der Waals surface area contributed by atoms with E-state index in [4.69, 9.17) is 5.73 Å². The van der Waals surface area contributed by atoms with Crippen LogP contribution in [0, 0.1) is 5.92 Å². The predicted octanol–water partition coefficient (Wildman–Crippen LogP) is 1.14. The molecule has 1 unspecified atom stereocenters. The molecule has 16 heavy (non-hydrogen) atoms. The van der Waals surface area contributed by atoms with Crippen LogP contribution in [0.1, 0.15) is 32.6 Å². The predicted molar refractivity (Wildman–Crippen MR) is 68.5 cm³/mol. The maximum atomic E-state index is 5.95. The van der Waals surface area contributed by atoms with Crippen molar-refractivity contribution < 1.29 is 0 Å². The van der Waals surface area contributed by atoms with E-state index in [-0.39, 0.29) is 0 Å². The molecule has 3 nitrogen and oxygen atoms in total. The Morgan fingerprint density at radius 1 is 1.12 bits per heavy atom. The van der Waals surface area contributed by atoms with Crippen LogP contribution in [0.4, 0.5) is 0 Å². The van der Waals surface area contributed by atoms with E-state index in [1.165, 1.54) is 51.9 Å². The van der Waals surface area contributed by atoms with E-state index in [9.17, 15) is 0 Å². The summed E-state index contributed by atoms with van der Waals surface area (Å²) >= 11 is 0. The van der Waals surface area contributed by atoms with Crippen LogP contribution < -0.4 is 5.73 Å². The van der Waals surface area contributed by atoms with Gasteiger partial charge in [-0.25, -0.2) is 0 Å². The van der Waals surface area contributed by atoms with Gasteiger partial charge in [-0.05, 0) is 45.6 Å². The fourth-order valence-corrected chi connectivity index (χ4v) is 3.03. The molecule has 0 aromatic carbocycles. The number of rotatable bonds is 2. The lowest BCUT2D eigenvalue weighted by molar-refractivity contribution is 0.0849. The van der Waals surface area contributed by atoms with Gasteiger partial charge in [-0.3, -0.25) is 0 Å². The van der Waals surface area contributed by atoms with E-state index in [0.29, 0.717) is 6.04 Å². The van der Waals surface area contributed by atoms with Gasteiger partial charge in [-0.1, -0.05) is 0 Å². The molecule has 2 aliphatic rings. The summed E-state index contributed by atoms with van der Waals surface area (Å²) in [4.78, 5) is 5.12. The number of hydrogen-bond acceptors (Lipinski definition) is 3. The van der Waals surface area contributed by atoms with Gasteiger partial charge in [0.25, 0.3) is 0 Å². The molecule has 94 valence electrons. The van der Waals surface area contributed by atoms with Gasteiger partial charge in [0.1, 0.15) is 0 Å². The minimum absolute atomic E-state index is 0.489. The third kappa shape index (κ3) is 3.19. The molecule has 2 rings (SSSR count). The van der Waals surface area contributed by atoms with Crippen LogP contribution in [0.2, 0.25) is 0 Å². The van der Waals surface area contributed by atoms with E-state index in [0.717, 1.165) is 12.0 Å². The normalized spacial score (nSPS) is 38.8. The second-order valence-electron chi connectivity index (χ2n) is 5.87. The molecular formula is C13H27N3. The summed E-state index contributed by atoms with van der Waals surface area (Å²) in [5.74, 6) is 0.912. The molecular weight excluding hydrogens is 198 g/mol. The third-order valence-electron chi connectivity index (χ3n) is 4.45. The molecule has 0 aromatic rings. The van der Waals surface area contributed by atoms with E-state index in [1.807, 2.05) is 0 Å². The first kappa shape index (κ1) is 12.3. The molecule has 0 aromatic heterocycles. The maximum absolute atomic E-state index is 5.95. The lowest BCUT2D eigenvalue weighted by atomic mass is 9.86. The van der Waals surface area contributed by atoms with Crippen LogP contribution in [-0.2, 0) is 0 Å². The first-order chi connectivity index (χ1) is 7.65. The maximum Gasteiger partial charge on any atom is 0.0192 e. The minimum Gasteiger partial charge on any atom is -0.328 e. The second kappa shape index (κ2) is 5.48. The monoisotopic (exact) mass is 225 g/mol. The zero-order valence-electron chi connectivity index (χ0n) is 10.9. The molecule has 0 radical (unpaired) electrons. The molecule has 1 saturated carbocycles. The Bertz CT molecular complexity index is 211. The molecule has 1 saturated heterocycles. The van der Waals surface area contributed by atoms with Crippen LogP contribution in [0.5, 0.6) is 0 Å². The summed E-state index contributed by atoms with van der Waals surface area (Å²) in [5.41, 5.74) is 5.95. The summed E-state index contributed by atoms with van der Waals surface area (Å²) < 4.78 is 0. The number of nitrogens with zero attached hydrogens (tertiary/aromatic N) is 2. The zero-order valence-corrected chi connectivity index (χ0v) is 10.9. The fourth-order valence-electron chi connectivity index (χ4n) is 3.03. The summed E-state index contributed by atoms with van der Waals surface area (Å²) in [5, 5.41) is 0. The summed E-state index contributed by atoms with van der Waals surface area (Å²) in [7, 11) is 2.24. The van der Waals surface area contributed by atoms with Crippen molar-refractivity contribution in [1.29, 1.82) is 0 Å². The van der Waals surface area contributed by atoms with Crippen molar-refractivity contribution in [3.63, 3.8) is 0 Å². The average molecular weight is 225 g/mol. The fraction of sp³-hybridized carbons (Fsp3) is 1.00. The van der Waals surface area contributed by atoms with Crippen molar-refractivity contribution in [2.45, 2.75) is 44.7 Å². The molecule has 0 amide bonds. The van der Waals surface area contributed by atoms with Gasteiger partial charge in [0, 0.05) is 38.3 Å². The van der Waals surface area contributed by atoms with E-state index in [2.05, 4.69) is 23.8 Å². The largest absolute Gasteiger partial charge is 0.328 e. The van der Waals surface area contributed by atoms with Crippen molar-refractivity contribution >= 4 is 0 Å². The molecule has 1 aliphatic heterocycles. The number of hydrogen-bond donors (Lipinski definition) is 1. The standard InChI is InChI=1S/C13H27N3/c1-11-9-16(8-7-15(11)2)10-12-3-5-13(14)6-4-12/h11-13H,3-10,14H2,1-2H3. The highest BCUT2D eigenvalue weighted by Crippen LogP contribution is 2.24. The van der Waals surface area contributed by atoms with E-state index in [1.54, 1.807) is 0 Å². The van der Waals surface area contributed by atoms with Gasteiger partial charge in [0.2, 0.25) is 0 Å². The minimum atomic E-state index is 0.489. The van der Waals surface area contributed by atoms with E-state index < -0.39 is 0 Å². The number of piperazine rings is 1. The Labute approximate surface area is 100.0 Å². The van der Waals surface area contributed by atoms with Crippen LogP contribution >= 0.6 is 0 Å². The molecule has 3 heteroatoms. The van der Waals surface area contributed by atoms with Crippen LogP contribution in [0.3, 0.4) is 0 Å². The first-order valence-electron chi connectivity index (χ1n) is 6.83. The molecule has 1 atom stereocenters. The Morgan fingerprint density at radius 2 is 1.81 bits per heavy atom. The lowest BCUT2D eigenvalue weighted by Gasteiger charge is -2.40. The summed E-state index contributed by atoms with van der Waals surface area (Å²) in [6.07, 6.45) is 5.19. The van der Waals surface area contributed by atoms with Crippen LogP contribution in [-0.4, -0.2) is 55.1 Å². The molecule has 1 aliphatic carbocycles. The van der Waals surface area contributed by atoms with Crippen molar-refractivity contribution in [3.8, 4) is 0 Å². The van der Waals surface area contributed by atoms with Crippen molar-refractivity contribution in [3.05, 3.63) is 0 Å². The van der Waals surface area contributed by atoms with Gasteiger partial charge < -0.3 is 15.5 Å². The highest BCUT2D eigenvalue weighted by atomic mass is 15.3. The number of nitrogens with two attached hydrogens (primary N) is 1. The molecule has 0 bridgehead atoms. The van der Waals surface area contributed by atoms with Gasteiger partial charge in [0.05, 0.1) is 0 Å². The van der Waals surface area contributed by atoms with Crippen molar-refractivity contribution in [2.75, 3.05) is 33.2 Å². The smallest absolute Gasteiger partial charge is 0.0192 e. The highest BCUT2D eigenvalue weighted by molar-refractivity contribution is 4.81. The van der Waals surface area contributed by atoms with Gasteiger partial charge in [-0.2, -0.15) is 0 Å². The number of likely N-dealkylation sites (N-methyl/N-ethyl adjacent to an activating group) is 1. The van der Waals surface area contributed by atoms with Crippen LogP contribution in [0.15, 0.2) is 0 Å². The average Bonchev–Trinajstić information content (AvgIpc) is 2.27. The Hall–Kier alpha value is -0.120. The summed E-state index contributed by atoms with van der Waals surface area (Å²) in [6.45, 7) is 7.38. The Morgan fingerprint density at radius 3 is 2.44 bits per heavy atom. The SMILES string of the molecule is CC1CN(CC2CCC(N)CC2)CCN1C. The molecule has 0 spiro atoms. The van der Waals surface area contributed by atoms with Crippen molar-refractivity contribution in [1.82, 2.24) is 9.80 Å². The Kier molecular flexibility index (Phi) is 4.22. The van der Waals surface area contributed by atoms with Crippen LogP contribution in [0.25, 0.3) is 0 Å². The molecule has 2 N–H and O–H groups in total.